The Balaban J connectivity index is 1.37. The van der Waals surface area contributed by atoms with Crippen molar-refractivity contribution in [3.05, 3.63) is 164 Å². The SMILES string of the molecule is Fc1ccc2ccc(N3c4ccccc4-n4c5ccccc5c5c6c(ccc7c8ccccc8n(-c8ccccc8)c76)cc3c54)cc2c1. The lowest BCUT2D eigenvalue weighted by molar-refractivity contribution is 0.630. The standard InChI is InChI=1S/C44H26FN3/c45-30-21-18-27-19-22-32(25-29(27)24-30)46-38-16-8-9-17-39(38)48-37-15-7-5-13-35(37)42-41-28(26-40(46)44(42)48)20-23-34-33-12-4-6-14-36(33)47(43(34)41)31-10-2-1-3-11-31/h1-26H. The lowest BCUT2D eigenvalue weighted by atomic mass is 9.97. The van der Waals surface area contributed by atoms with Gasteiger partial charge in [0.15, 0.2) is 0 Å². The van der Waals surface area contributed by atoms with E-state index in [1.54, 1.807) is 6.07 Å². The van der Waals surface area contributed by atoms with Crippen LogP contribution in [0, 0.1) is 5.82 Å². The average molecular weight is 616 g/mol. The van der Waals surface area contributed by atoms with Gasteiger partial charge in [0, 0.05) is 38.3 Å². The van der Waals surface area contributed by atoms with Crippen molar-refractivity contribution < 1.29 is 4.39 Å². The number of benzene rings is 8. The number of anilines is 3. The van der Waals surface area contributed by atoms with Crippen LogP contribution in [0.25, 0.3) is 76.5 Å². The molecule has 1 aliphatic heterocycles. The van der Waals surface area contributed by atoms with Gasteiger partial charge in [0.05, 0.1) is 39.1 Å². The molecule has 2 aromatic heterocycles. The van der Waals surface area contributed by atoms with Crippen LogP contribution in [0.2, 0.25) is 0 Å². The van der Waals surface area contributed by atoms with Crippen molar-refractivity contribution in [3.63, 3.8) is 0 Å². The maximum absolute atomic E-state index is 14.5. The minimum Gasteiger partial charge on any atom is -0.309 e. The number of para-hydroxylation sites is 5. The Hall–Kier alpha value is -6.39. The first-order valence-electron chi connectivity index (χ1n) is 16.3. The van der Waals surface area contributed by atoms with Crippen molar-refractivity contribution in [2.75, 3.05) is 4.90 Å². The van der Waals surface area contributed by atoms with E-state index < -0.39 is 0 Å². The van der Waals surface area contributed by atoms with Gasteiger partial charge < -0.3 is 14.0 Å². The maximum atomic E-state index is 14.5. The third-order valence-electron chi connectivity index (χ3n) is 10.2. The van der Waals surface area contributed by atoms with Gasteiger partial charge in [0.25, 0.3) is 0 Å². The van der Waals surface area contributed by atoms with Crippen LogP contribution >= 0.6 is 0 Å². The summed E-state index contributed by atoms with van der Waals surface area (Å²) in [5, 5.41) is 9.22. The van der Waals surface area contributed by atoms with Crippen LogP contribution in [-0.4, -0.2) is 9.13 Å². The minimum atomic E-state index is -0.232. The molecule has 1 aliphatic rings. The molecule has 0 spiro atoms. The van der Waals surface area contributed by atoms with E-state index in [0.29, 0.717) is 0 Å². The minimum absolute atomic E-state index is 0.232. The van der Waals surface area contributed by atoms with E-state index in [0.717, 1.165) is 39.2 Å². The summed E-state index contributed by atoms with van der Waals surface area (Å²) in [5.74, 6) is -0.232. The van der Waals surface area contributed by atoms with Crippen molar-refractivity contribution in [1.29, 1.82) is 0 Å². The first kappa shape index (κ1) is 25.8. The number of aromatic nitrogens is 2. The van der Waals surface area contributed by atoms with E-state index in [2.05, 4.69) is 154 Å². The van der Waals surface area contributed by atoms with Crippen LogP contribution in [0.15, 0.2) is 158 Å². The van der Waals surface area contributed by atoms with Gasteiger partial charge in [-0.25, -0.2) is 4.39 Å². The molecule has 0 atom stereocenters. The lowest BCUT2D eigenvalue weighted by Gasteiger charge is -2.33. The average Bonchev–Trinajstić information content (AvgIpc) is 3.66. The Morgan fingerprint density at radius 1 is 0.375 bits per heavy atom. The fourth-order valence-corrected chi connectivity index (χ4v) is 8.27. The Kier molecular flexibility index (Phi) is 5.01. The van der Waals surface area contributed by atoms with Gasteiger partial charge >= 0.3 is 0 Å². The Morgan fingerprint density at radius 2 is 1.06 bits per heavy atom. The summed E-state index contributed by atoms with van der Waals surface area (Å²) in [6, 6.07) is 55.1. The Labute approximate surface area is 274 Å². The number of hydrogen-bond donors (Lipinski definition) is 0. The highest BCUT2D eigenvalue weighted by Gasteiger charge is 2.31. The van der Waals surface area contributed by atoms with Gasteiger partial charge in [-0.15, -0.1) is 0 Å². The Bertz CT molecular complexity index is 2970. The fourth-order valence-electron chi connectivity index (χ4n) is 8.27. The predicted molar refractivity (Wildman–Crippen MR) is 198 cm³/mol. The van der Waals surface area contributed by atoms with E-state index in [1.165, 1.54) is 60.5 Å². The molecule has 224 valence electrons. The normalized spacial score (nSPS) is 12.6. The third kappa shape index (κ3) is 3.31. The van der Waals surface area contributed by atoms with Crippen LogP contribution in [0.5, 0.6) is 0 Å². The molecular formula is C44H26FN3. The molecule has 4 heteroatoms. The molecule has 10 aromatic rings. The zero-order chi connectivity index (χ0) is 31.5. The molecule has 0 unspecified atom stereocenters. The molecule has 0 saturated carbocycles. The van der Waals surface area contributed by atoms with E-state index in [1.807, 2.05) is 6.07 Å². The van der Waals surface area contributed by atoms with Gasteiger partial charge in [0.2, 0.25) is 0 Å². The van der Waals surface area contributed by atoms with Crippen LogP contribution in [0.4, 0.5) is 21.5 Å². The lowest BCUT2D eigenvalue weighted by Crippen LogP contribution is -2.18. The van der Waals surface area contributed by atoms with E-state index in [4.69, 9.17) is 0 Å². The van der Waals surface area contributed by atoms with Crippen molar-refractivity contribution in [2.45, 2.75) is 0 Å². The smallest absolute Gasteiger partial charge is 0.123 e. The molecule has 0 bridgehead atoms. The van der Waals surface area contributed by atoms with Crippen LogP contribution < -0.4 is 4.90 Å². The van der Waals surface area contributed by atoms with Crippen LogP contribution in [0.3, 0.4) is 0 Å². The molecule has 0 saturated heterocycles. The maximum Gasteiger partial charge on any atom is 0.123 e. The number of hydrogen-bond acceptors (Lipinski definition) is 1. The molecule has 8 aromatic carbocycles. The summed E-state index contributed by atoms with van der Waals surface area (Å²) in [4.78, 5) is 2.36. The van der Waals surface area contributed by atoms with Crippen molar-refractivity contribution in [2.24, 2.45) is 0 Å². The summed E-state index contributed by atoms with van der Waals surface area (Å²) in [6.45, 7) is 0. The first-order valence-corrected chi connectivity index (χ1v) is 16.3. The fraction of sp³-hybridized carbons (Fsp3) is 0. The first-order chi connectivity index (χ1) is 23.7. The zero-order valence-corrected chi connectivity index (χ0v) is 25.7. The second-order valence-electron chi connectivity index (χ2n) is 12.7. The quantitative estimate of drug-likeness (QED) is 0.189. The number of rotatable bonds is 2. The van der Waals surface area contributed by atoms with Crippen molar-refractivity contribution in [3.8, 4) is 11.4 Å². The van der Waals surface area contributed by atoms with Crippen LogP contribution in [0.1, 0.15) is 0 Å². The monoisotopic (exact) mass is 615 g/mol. The van der Waals surface area contributed by atoms with Gasteiger partial charge in [-0.1, -0.05) is 91.0 Å². The molecular weight excluding hydrogens is 590 g/mol. The molecule has 0 amide bonds. The molecule has 0 fully saturated rings. The van der Waals surface area contributed by atoms with Gasteiger partial charge in [-0.05, 0) is 82.9 Å². The topological polar surface area (TPSA) is 13.1 Å². The molecule has 0 N–H and O–H groups in total. The Morgan fingerprint density at radius 3 is 1.92 bits per heavy atom. The molecule has 0 radical (unpaired) electrons. The highest BCUT2D eigenvalue weighted by atomic mass is 19.1. The van der Waals surface area contributed by atoms with Crippen LogP contribution in [-0.2, 0) is 0 Å². The molecule has 11 rings (SSSR count). The number of nitrogens with zero attached hydrogens (tertiary/aromatic N) is 3. The van der Waals surface area contributed by atoms with Crippen molar-refractivity contribution >= 4 is 82.2 Å². The molecule has 0 aliphatic carbocycles. The highest BCUT2D eigenvalue weighted by molar-refractivity contribution is 6.33. The van der Waals surface area contributed by atoms with Gasteiger partial charge in [0.1, 0.15) is 5.82 Å². The van der Waals surface area contributed by atoms with E-state index >= 15 is 0 Å². The summed E-state index contributed by atoms with van der Waals surface area (Å²) in [6.07, 6.45) is 0. The predicted octanol–water partition coefficient (Wildman–Crippen LogP) is 12.1. The highest BCUT2D eigenvalue weighted by Crippen LogP contribution is 2.53. The number of halogens is 1. The molecule has 3 nitrogen and oxygen atoms in total. The zero-order valence-electron chi connectivity index (χ0n) is 25.7. The second kappa shape index (κ2) is 9.34. The summed E-state index contributed by atoms with van der Waals surface area (Å²) >= 11 is 0. The van der Waals surface area contributed by atoms with Gasteiger partial charge in [-0.2, -0.15) is 0 Å². The van der Waals surface area contributed by atoms with Crippen molar-refractivity contribution in [1.82, 2.24) is 9.13 Å². The van der Waals surface area contributed by atoms with Gasteiger partial charge in [-0.3, -0.25) is 0 Å². The number of fused-ring (bicyclic) bond motifs is 12. The largest absolute Gasteiger partial charge is 0.309 e. The summed E-state index contributed by atoms with van der Waals surface area (Å²) in [7, 11) is 0. The summed E-state index contributed by atoms with van der Waals surface area (Å²) < 4.78 is 19.3. The third-order valence-corrected chi connectivity index (χ3v) is 10.2. The second-order valence-corrected chi connectivity index (χ2v) is 12.7. The van der Waals surface area contributed by atoms with E-state index in [9.17, 15) is 4.39 Å². The van der Waals surface area contributed by atoms with E-state index in [-0.39, 0.29) is 5.82 Å². The molecule has 48 heavy (non-hydrogen) atoms. The summed E-state index contributed by atoms with van der Waals surface area (Å²) in [5.41, 5.74) is 10.2. The molecule has 3 heterocycles.